The average molecular weight is 369 g/mol. The molecule has 0 aliphatic heterocycles. The monoisotopic (exact) mass is 368 g/mol. The molecule has 1 aromatic carbocycles. The fraction of sp³-hybridized carbons (Fsp3) is 0.481. The van der Waals surface area contributed by atoms with Gasteiger partial charge in [0, 0.05) is 5.41 Å². The summed E-state index contributed by atoms with van der Waals surface area (Å²) in [6.07, 6.45) is 16.5. The van der Waals surface area contributed by atoms with Crippen molar-refractivity contribution in [1.29, 1.82) is 0 Å². The predicted octanol–water partition coefficient (Wildman–Crippen LogP) is 9.22. The van der Waals surface area contributed by atoms with Gasteiger partial charge in [-0.25, -0.2) is 0 Å². The largest absolute Gasteiger partial charge is 0.106 e. The van der Waals surface area contributed by atoms with Crippen molar-refractivity contribution in [3.63, 3.8) is 0 Å². The lowest BCUT2D eigenvalue weighted by Gasteiger charge is -2.35. The Bertz CT molecular complexity index is 578. The molecule has 0 radical (unpaired) electrons. The van der Waals surface area contributed by atoms with Crippen LogP contribution in [0.2, 0.25) is 0 Å². The van der Waals surface area contributed by atoms with Crippen LogP contribution in [0.15, 0.2) is 62.2 Å². The van der Waals surface area contributed by atoms with Gasteiger partial charge in [0.15, 0.2) is 0 Å². The summed E-state index contributed by atoms with van der Waals surface area (Å²) < 4.78 is 0. The van der Waals surface area contributed by atoms with E-state index in [1.54, 1.807) is 0 Å². The summed E-state index contributed by atoms with van der Waals surface area (Å²) in [4.78, 5) is 0. The van der Waals surface area contributed by atoms with Gasteiger partial charge in [-0.2, -0.15) is 0 Å². The molecular formula is C27H44. The highest BCUT2D eigenvalue weighted by Crippen LogP contribution is 2.42. The summed E-state index contributed by atoms with van der Waals surface area (Å²) in [5.41, 5.74) is 5.47. The van der Waals surface area contributed by atoms with Gasteiger partial charge in [0.25, 0.3) is 0 Å². The van der Waals surface area contributed by atoms with E-state index in [9.17, 15) is 0 Å². The van der Waals surface area contributed by atoms with E-state index in [-0.39, 0.29) is 12.8 Å². The number of rotatable bonds is 6. The van der Waals surface area contributed by atoms with Crippen LogP contribution in [0.1, 0.15) is 90.3 Å². The number of unbranched alkanes of at least 4 members (excludes halogenated alkanes) is 2. The molecule has 1 aromatic rings. The molecule has 0 unspecified atom stereocenters. The van der Waals surface area contributed by atoms with E-state index < -0.39 is 0 Å². The summed E-state index contributed by atoms with van der Waals surface area (Å²) in [5, 5.41) is 0. The van der Waals surface area contributed by atoms with Crippen LogP contribution in [-0.4, -0.2) is 0 Å². The fourth-order valence-electron chi connectivity index (χ4n) is 3.49. The standard InChI is InChI=1S/C22H30.C2H6.C2H4.CH4/c1-5-7-14-22(15-8-6-2)16-10-9-11-19(4)20-13-12-18(3)17-21(20)22;2*1-2;/h9-13,16-17H,4-8,14-15H2,1-3H3;1-2H3;1-2H2;1H4/b11-9-,16-10-;;;. The maximum absolute atomic E-state index is 4.29. The van der Waals surface area contributed by atoms with Gasteiger partial charge in [0.2, 0.25) is 0 Å². The Morgan fingerprint density at radius 2 is 1.48 bits per heavy atom. The highest BCUT2D eigenvalue weighted by molar-refractivity contribution is 5.76. The number of allylic oxidation sites excluding steroid dienone is 5. The van der Waals surface area contributed by atoms with E-state index in [0.717, 1.165) is 5.57 Å². The average Bonchev–Trinajstić information content (AvgIpc) is 2.68. The summed E-state index contributed by atoms with van der Waals surface area (Å²) in [6, 6.07) is 6.88. The van der Waals surface area contributed by atoms with E-state index in [4.69, 9.17) is 0 Å². The zero-order chi connectivity index (χ0) is 20.0. The summed E-state index contributed by atoms with van der Waals surface area (Å²) in [6.45, 7) is 21.1. The quantitative estimate of drug-likeness (QED) is 0.439. The second-order valence-electron chi connectivity index (χ2n) is 6.66. The molecule has 27 heavy (non-hydrogen) atoms. The Kier molecular flexibility index (Phi) is 15.5. The molecule has 1 aliphatic carbocycles. The Hall–Kier alpha value is -1.82. The molecule has 0 saturated heterocycles. The lowest BCUT2D eigenvalue weighted by atomic mass is 9.69. The lowest BCUT2D eigenvalue weighted by Crippen LogP contribution is -2.26. The van der Waals surface area contributed by atoms with Gasteiger partial charge in [0.1, 0.15) is 0 Å². The van der Waals surface area contributed by atoms with Gasteiger partial charge in [-0.05, 0) is 36.5 Å². The van der Waals surface area contributed by atoms with Crippen LogP contribution in [0.3, 0.4) is 0 Å². The van der Waals surface area contributed by atoms with Gasteiger partial charge in [-0.3, -0.25) is 0 Å². The minimum Gasteiger partial charge on any atom is -0.106 e. The van der Waals surface area contributed by atoms with Crippen molar-refractivity contribution in [3.8, 4) is 0 Å². The maximum atomic E-state index is 4.29. The lowest BCUT2D eigenvalue weighted by molar-refractivity contribution is 0.419. The first-order chi connectivity index (χ1) is 12.6. The van der Waals surface area contributed by atoms with Gasteiger partial charge in [-0.15, -0.1) is 13.2 Å². The van der Waals surface area contributed by atoms with Crippen LogP contribution in [0.25, 0.3) is 5.57 Å². The topological polar surface area (TPSA) is 0 Å². The molecule has 0 atom stereocenters. The highest BCUT2D eigenvalue weighted by Gasteiger charge is 2.31. The van der Waals surface area contributed by atoms with Gasteiger partial charge < -0.3 is 0 Å². The van der Waals surface area contributed by atoms with Crippen molar-refractivity contribution in [2.45, 2.75) is 86.0 Å². The van der Waals surface area contributed by atoms with Crippen LogP contribution in [0, 0.1) is 6.92 Å². The number of fused-ring (bicyclic) bond motifs is 1. The Morgan fingerprint density at radius 3 is 2.00 bits per heavy atom. The normalized spacial score (nSPS) is 16.0. The summed E-state index contributed by atoms with van der Waals surface area (Å²) in [7, 11) is 0. The molecule has 0 fully saturated rings. The molecule has 1 aliphatic rings. The van der Waals surface area contributed by atoms with E-state index >= 15 is 0 Å². The van der Waals surface area contributed by atoms with E-state index in [1.165, 1.54) is 55.2 Å². The Morgan fingerprint density at radius 1 is 0.926 bits per heavy atom. The number of aryl methyl sites for hydroxylation is 1. The van der Waals surface area contributed by atoms with Gasteiger partial charge in [-0.1, -0.05) is 115 Å². The minimum atomic E-state index is 0. The smallest absolute Gasteiger partial charge is 0.0141 e. The highest BCUT2D eigenvalue weighted by atomic mass is 14.3. The zero-order valence-electron chi connectivity index (χ0n) is 17.9. The molecule has 0 spiro atoms. The second kappa shape index (κ2) is 15.3. The molecular weight excluding hydrogens is 324 g/mol. The van der Waals surface area contributed by atoms with Gasteiger partial charge >= 0.3 is 0 Å². The van der Waals surface area contributed by atoms with Crippen molar-refractivity contribution >= 4 is 5.57 Å². The van der Waals surface area contributed by atoms with E-state index in [0.29, 0.717) is 0 Å². The predicted molar refractivity (Wildman–Crippen MR) is 129 cm³/mol. The molecule has 2 rings (SSSR count). The fourth-order valence-corrected chi connectivity index (χ4v) is 3.49. The zero-order valence-corrected chi connectivity index (χ0v) is 17.9. The molecule has 0 amide bonds. The molecule has 0 bridgehead atoms. The van der Waals surface area contributed by atoms with Crippen LogP contribution >= 0.6 is 0 Å². The van der Waals surface area contributed by atoms with Crippen LogP contribution < -0.4 is 0 Å². The van der Waals surface area contributed by atoms with Crippen molar-refractivity contribution < 1.29 is 0 Å². The van der Waals surface area contributed by atoms with E-state index in [1.807, 2.05) is 13.8 Å². The molecule has 0 heterocycles. The van der Waals surface area contributed by atoms with Crippen LogP contribution in [-0.2, 0) is 5.41 Å². The minimum absolute atomic E-state index is 0. The summed E-state index contributed by atoms with van der Waals surface area (Å²) in [5.74, 6) is 0. The third kappa shape index (κ3) is 7.75. The number of hydrogen-bond acceptors (Lipinski definition) is 0. The van der Waals surface area contributed by atoms with Crippen molar-refractivity contribution in [1.82, 2.24) is 0 Å². The van der Waals surface area contributed by atoms with Crippen molar-refractivity contribution in [2.24, 2.45) is 0 Å². The van der Waals surface area contributed by atoms with Crippen LogP contribution in [0.4, 0.5) is 0 Å². The van der Waals surface area contributed by atoms with Crippen LogP contribution in [0.5, 0.6) is 0 Å². The number of benzene rings is 1. The first kappa shape index (κ1) is 27.4. The first-order valence-electron chi connectivity index (χ1n) is 10.3. The molecule has 0 saturated carbocycles. The Labute approximate surface area is 170 Å². The maximum Gasteiger partial charge on any atom is 0.0141 e. The third-order valence-corrected chi connectivity index (χ3v) is 4.83. The number of hydrogen-bond donors (Lipinski definition) is 0. The van der Waals surface area contributed by atoms with Gasteiger partial charge in [0.05, 0.1) is 0 Å². The summed E-state index contributed by atoms with van der Waals surface area (Å²) >= 11 is 0. The molecule has 152 valence electrons. The third-order valence-electron chi connectivity index (χ3n) is 4.83. The Balaban J connectivity index is 0. The molecule has 0 N–H and O–H groups in total. The molecule has 0 aromatic heterocycles. The first-order valence-corrected chi connectivity index (χ1v) is 10.3. The molecule has 0 nitrogen and oxygen atoms in total. The second-order valence-corrected chi connectivity index (χ2v) is 6.66. The van der Waals surface area contributed by atoms with Crippen molar-refractivity contribution in [2.75, 3.05) is 0 Å². The SMILES string of the molecule is C.C=C.C=C1/C=C\C=C/C(CCCC)(CCCC)c2cc(C)ccc21.CC. The molecule has 0 heteroatoms. The van der Waals surface area contributed by atoms with Crippen molar-refractivity contribution in [3.05, 3.63) is 78.9 Å². The van der Waals surface area contributed by atoms with E-state index in [2.05, 4.69) is 83.0 Å².